The number of carbonyl (C=O) groups is 1. The van der Waals surface area contributed by atoms with E-state index in [-0.39, 0.29) is 5.91 Å². The van der Waals surface area contributed by atoms with Crippen molar-refractivity contribution in [2.75, 3.05) is 5.32 Å². The molecule has 3 heteroatoms. The van der Waals surface area contributed by atoms with Crippen LogP contribution < -0.4 is 5.32 Å². The fourth-order valence-electron chi connectivity index (χ4n) is 2.10. The molecule has 0 fully saturated rings. The van der Waals surface area contributed by atoms with Crippen LogP contribution in [0.15, 0.2) is 60.8 Å². The molecule has 0 saturated carbocycles. The molecule has 0 unspecified atom stereocenters. The lowest BCUT2D eigenvalue weighted by Crippen LogP contribution is -2.12. The smallest absolute Gasteiger partial charge is 0.255 e. The zero-order valence-electron chi connectivity index (χ0n) is 11.1. The van der Waals surface area contributed by atoms with E-state index in [9.17, 15) is 4.79 Å². The molecule has 0 atom stereocenters. The Labute approximate surface area is 117 Å². The minimum atomic E-state index is -0.110. The van der Waals surface area contributed by atoms with E-state index in [1.807, 2.05) is 61.5 Å². The van der Waals surface area contributed by atoms with Gasteiger partial charge in [0.05, 0.1) is 11.2 Å². The first kappa shape index (κ1) is 12.4. The highest BCUT2D eigenvalue weighted by molar-refractivity contribution is 6.08. The summed E-state index contributed by atoms with van der Waals surface area (Å²) in [6, 6.07) is 17.1. The van der Waals surface area contributed by atoms with Crippen LogP contribution in [0, 0.1) is 6.92 Å². The SMILES string of the molecule is Cc1ccc(C(=O)Nc2ccnc3ccccc23)cc1. The maximum absolute atomic E-state index is 12.2. The molecule has 0 spiro atoms. The number of hydrogen-bond acceptors (Lipinski definition) is 2. The number of anilines is 1. The molecule has 0 saturated heterocycles. The first-order chi connectivity index (χ1) is 9.74. The summed E-state index contributed by atoms with van der Waals surface area (Å²) in [5.41, 5.74) is 3.43. The van der Waals surface area contributed by atoms with E-state index >= 15 is 0 Å². The standard InChI is InChI=1S/C17H14N2O/c1-12-6-8-13(9-7-12)17(20)19-16-10-11-18-15-5-3-2-4-14(15)16/h2-11H,1H3,(H,18,19,20). The van der Waals surface area contributed by atoms with Crippen molar-refractivity contribution in [3.8, 4) is 0 Å². The number of hydrogen-bond donors (Lipinski definition) is 1. The van der Waals surface area contributed by atoms with Gasteiger partial charge in [0, 0.05) is 17.1 Å². The molecule has 1 amide bonds. The number of nitrogens with zero attached hydrogens (tertiary/aromatic N) is 1. The molecule has 1 N–H and O–H groups in total. The van der Waals surface area contributed by atoms with E-state index in [0.717, 1.165) is 22.2 Å². The van der Waals surface area contributed by atoms with Gasteiger partial charge in [0.25, 0.3) is 5.91 Å². The highest BCUT2D eigenvalue weighted by Gasteiger charge is 2.08. The molecule has 3 nitrogen and oxygen atoms in total. The molecule has 0 aliphatic rings. The van der Waals surface area contributed by atoms with Gasteiger partial charge < -0.3 is 5.32 Å². The second kappa shape index (κ2) is 5.13. The average Bonchev–Trinajstić information content (AvgIpc) is 2.48. The first-order valence-corrected chi connectivity index (χ1v) is 6.46. The third kappa shape index (κ3) is 2.38. The van der Waals surface area contributed by atoms with Crippen LogP contribution in [0.1, 0.15) is 15.9 Å². The van der Waals surface area contributed by atoms with E-state index in [0.29, 0.717) is 5.56 Å². The van der Waals surface area contributed by atoms with Gasteiger partial charge in [-0.15, -0.1) is 0 Å². The fourth-order valence-corrected chi connectivity index (χ4v) is 2.10. The highest BCUT2D eigenvalue weighted by Crippen LogP contribution is 2.21. The van der Waals surface area contributed by atoms with Crippen molar-refractivity contribution in [2.24, 2.45) is 0 Å². The Bertz CT molecular complexity index is 758. The van der Waals surface area contributed by atoms with Crippen LogP contribution in [-0.4, -0.2) is 10.9 Å². The summed E-state index contributed by atoms with van der Waals surface area (Å²) in [5, 5.41) is 3.88. The van der Waals surface area contributed by atoms with Gasteiger partial charge in [0.2, 0.25) is 0 Å². The number of carbonyl (C=O) groups excluding carboxylic acids is 1. The minimum Gasteiger partial charge on any atom is -0.321 e. The quantitative estimate of drug-likeness (QED) is 0.763. The Morgan fingerprint density at radius 3 is 2.55 bits per heavy atom. The Hall–Kier alpha value is -2.68. The number of rotatable bonds is 2. The zero-order valence-corrected chi connectivity index (χ0v) is 11.1. The van der Waals surface area contributed by atoms with Gasteiger partial charge in [0.1, 0.15) is 0 Å². The van der Waals surface area contributed by atoms with Crippen molar-refractivity contribution < 1.29 is 4.79 Å². The molecular weight excluding hydrogens is 248 g/mol. The van der Waals surface area contributed by atoms with E-state index in [1.165, 1.54) is 0 Å². The van der Waals surface area contributed by atoms with Gasteiger partial charge in [-0.05, 0) is 31.2 Å². The lowest BCUT2D eigenvalue weighted by Gasteiger charge is -2.08. The van der Waals surface area contributed by atoms with Gasteiger partial charge in [-0.25, -0.2) is 0 Å². The van der Waals surface area contributed by atoms with Gasteiger partial charge in [-0.1, -0.05) is 35.9 Å². The molecule has 20 heavy (non-hydrogen) atoms. The van der Waals surface area contributed by atoms with Crippen LogP contribution in [0.3, 0.4) is 0 Å². The third-order valence-electron chi connectivity index (χ3n) is 3.21. The van der Waals surface area contributed by atoms with Gasteiger partial charge in [0.15, 0.2) is 0 Å². The van der Waals surface area contributed by atoms with E-state index in [4.69, 9.17) is 0 Å². The highest BCUT2D eigenvalue weighted by atomic mass is 16.1. The average molecular weight is 262 g/mol. The Balaban J connectivity index is 1.93. The molecule has 0 aliphatic carbocycles. The summed E-state index contributed by atoms with van der Waals surface area (Å²) >= 11 is 0. The number of para-hydroxylation sites is 1. The van der Waals surface area contributed by atoms with Crippen molar-refractivity contribution >= 4 is 22.5 Å². The summed E-state index contributed by atoms with van der Waals surface area (Å²) in [4.78, 5) is 16.5. The van der Waals surface area contributed by atoms with Crippen LogP contribution >= 0.6 is 0 Å². The monoisotopic (exact) mass is 262 g/mol. The van der Waals surface area contributed by atoms with Gasteiger partial charge in [-0.2, -0.15) is 0 Å². The van der Waals surface area contributed by atoms with Gasteiger partial charge in [-0.3, -0.25) is 9.78 Å². The zero-order chi connectivity index (χ0) is 13.9. The summed E-state index contributed by atoms with van der Waals surface area (Å²) in [6.45, 7) is 2.00. The molecule has 1 aromatic heterocycles. The normalized spacial score (nSPS) is 10.4. The van der Waals surface area contributed by atoms with Crippen LogP contribution in [0.25, 0.3) is 10.9 Å². The number of aromatic nitrogens is 1. The number of fused-ring (bicyclic) bond motifs is 1. The molecule has 98 valence electrons. The predicted octanol–water partition coefficient (Wildman–Crippen LogP) is 3.80. The van der Waals surface area contributed by atoms with Crippen LogP contribution in [0.2, 0.25) is 0 Å². The number of pyridine rings is 1. The third-order valence-corrected chi connectivity index (χ3v) is 3.21. The molecule has 0 aliphatic heterocycles. The molecule has 1 heterocycles. The molecule has 3 rings (SSSR count). The van der Waals surface area contributed by atoms with E-state index < -0.39 is 0 Å². The number of benzene rings is 2. The molecule has 3 aromatic rings. The van der Waals surface area contributed by atoms with E-state index in [2.05, 4.69) is 10.3 Å². The van der Waals surface area contributed by atoms with Crippen molar-refractivity contribution in [3.05, 3.63) is 71.9 Å². The molecule has 2 aromatic carbocycles. The molecule has 0 radical (unpaired) electrons. The van der Waals surface area contributed by atoms with Crippen molar-refractivity contribution in [2.45, 2.75) is 6.92 Å². The fraction of sp³-hybridized carbons (Fsp3) is 0.0588. The topological polar surface area (TPSA) is 42.0 Å². The molecule has 0 bridgehead atoms. The Morgan fingerprint density at radius 1 is 1.00 bits per heavy atom. The lowest BCUT2D eigenvalue weighted by molar-refractivity contribution is 0.102. The van der Waals surface area contributed by atoms with Crippen LogP contribution in [-0.2, 0) is 0 Å². The van der Waals surface area contributed by atoms with Crippen LogP contribution in [0.4, 0.5) is 5.69 Å². The second-order valence-electron chi connectivity index (χ2n) is 4.70. The Morgan fingerprint density at radius 2 is 1.75 bits per heavy atom. The van der Waals surface area contributed by atoms with E-state index in [1.54, 1.807) is 6.20 Å². The predicted molar refractivity (Wildman–Crippen MR) is 80.9 cm³/mol. The van der Waals surface area contributed by atoms with Crippen molar-refractivity contribution in [1.82, 2.24) is 4.98 Å². The summed E-state index contributed by atoms with van der Waals surface area (Å²) in [7, 11) is 0. The number of amides is 1. The van der Waals surface area contributed by atoms with Crippen molar-refractivity contribution in [1.29, 1.82) is 0 Å². The second-order valence-corrected chi connectivity index (χ2v) is 4.70. The van der Waals surface area contributed by atoms with Crippen molar-refractivity contribution in [3.63, 3.8) is 0 Å². The number of nitrogens with one attached hydrogen (secondary N) is 1. The number of aryl methyl sites for hydroxylation is 1. The largest absolute Gasteiger partial charge is 0.321 e. The Kier molecular flexibility index (Phi) is 3.17. The lowest BCUT2D eigenvalue weighted by atomic mass is 10.1. The first-order valence-electron chi connectivity index (χ1n) is 6.46. The summed E-state index contributed by atoms with van der Waals surface area (Å²) in [5.74, 6) is -0.110. The van der Waals surface area contributed by atoms with Gasteiger partial charge >= 0.3 is 0 Å². The van der Waals surface area contributed by atoms with Crippen LogP contribution in [0.5, 0.6) is 0 Å². The maximum atomic E-state index is 12.2. The summed E-state index contributed by atoms with van der Waals surface area (Å²) < 4.78 is 0. The molecular formula is C17H14N2O. The summed E-state index contributed by atoms with van der Waals surface area (Å²) in [6.07, 6.45) is 1.70. The maximum Gasteiger partial charge on any atom is 0.255 e. The minimum absolute atomic E-state index is 0.110.